The molecular formula is C11H16N2S. The predicted octanol–water partition coefficient (Wildman–Crippen LogP) is 2.99. The van der Waals surface area contributed by atoms with Gasteiger partial charge in [-0.25, -0.2) is 4.98 Å². The normalized spacial score (nSPS) is 21.4. The van der Waals surface area contributed by atoms with Gasteiger partial charge in [0.15, 0.2) is 5.13 Å². The smallest absolute Gasteiger partial charge is 0.183 e. The number of rotatable bonds is 2. The van der Waals surface area contributed by atoms with Gasteiger partial charge < -0.3 is 5.32 Å². The molecule has 0 aliphatic heterocycles. The number of thiazole rings is 1. The standard InChI is InChI=1S/C11H16N2S/c1-2-4-9-10(5-3-1)14-11(13-9)12-8-6-7-8/h8H,1-7H2,(H,12,13). The number of nitrogens with zero attached hydrogens (tertiary/aromatic N) is 1. The monoisotopic (exact) mass is 208 g/mol. The molecule has 2 aliphatic rings. The van der Waals surface area contributed by atoms with Crippen LogP contribution in [0.1, 0.15) is 42.7 Å². The quantitative estimate of drug-likeness (QED) is 0.756. The van der Waals surface area contributed by atoms with E-state index in [2.05, 4.69) is 5.32 Å². The van der Waals surface area contributed by atoms with Crippen LogP contribution in [0.25, 0.3) is 0 Å². The summed E-state index contributed by atoms with van der Waals surface area (Å²) in [5, 5.41) is 4.68. The lowest BCUT2D eigenvalue weighted by atomic mass is 10.2. The summed E-state index contributed by atoms with van der Waals surface area (Å²) in [5.74, 6) is 0. The molecule has 0 atom stereocenters. The third kappa shape index (κ3) is 1.78. The van der Waals surface area contributed by atoms with Crippen LogP contribution >= 0.6 is 11.3 Å². The lowest BCUT2D eigenvalue weighted by Crippen LogP contribution is -2.00. The molecule has 2 nitrogen and oxygen atoms in total. The van der Waals surface area contributed by atoms with Gasteiger partial charge >= 0.3 is 0 Å². The predicted molar refractivity (Wildman–Crippen MR) is 60.0 cm³/mol. The largest absolute Gasteiger partial charge is 0.359 e. The molecule has 0 spiro atoms. The third-order valence-corrected chi connectivity index (χ3v) is 4.09. The minimum atomic E-state index is 0.741. The van der Waals surface area contributed by atoms with Crippen LogP contribution in [-0.2, 0) is 12.8 Å². The van der Waals surface area contributed by atoms with Crippen molar-refractivity contribution >= 4 is 16.5 Å². The first kappa shape index (κ1) is 8.72. The first-order valence-corrected chi connectivity index (χ1v) is 6.48. The van der Waals surface area contributed by atoms with E-state index in [0.717, 1.165) is 6.04 Å². The van der Waals surface area contributed by atoms with Crippen molar-refractivity contribution in [2.75, 3.05) is 5.32 Å². The van der Waals surface area contributed by atoms with Gasteiger partial charge in [-0.2, -0.15) is 0 Å². The molecule has 1 saturated carbocycles. The molecule has 0 radical (unpaired) electrons. The summed E-state index contributed by atoms with van der Waals surface area (Å²) >= 11 is 1.89. The van der Waals surface area contributed by atoms with Crippen molar-refractivity contribution < 1.29 is 0 Å². The number of nitrogens with one attached hydrogen (secondary N) is 1. The Bertz CT molecular complexity index is 305. The lowest BCUT2D eigenvalue weighted by molar-refractivity contribution is 0.709. The third-order valence-electron chi connectivity index (χ3n) is 3.00. The van der Waals surface area contributed by atoms with Crippen molar-refractivity contribution in [1.29, 1.82) is 0 Å². The van der Waals surface area contributed by atoms with Crippen molar-refractivity contribution in [3.63, 3.8) is 0 Å². The van der Waals surface area contributed by atoms with Crippen LogP contribution in [0.15, 0.2) is 0 Å². The summed E-state index contributed by atoms with van der Waals surface area (Å²) in [6.07, 6.45) is 9.22. The minimum absolute atomic E-state index is 0.741. The average Bonchev–Trinajstić information content (AvgIpc) is 2.93. The summed E-state index contributed by atoms with van der Waals surface area (Å²) in [6.45, 7) is 0. The zero-order valence-corrected chi connectivity index (χ0v) is 9.20. The van der Waals surface area contributed by atoms with Gasteiger partial charge in [0, 0.05) is 10.9 Å². The van der Waals surface area contributed by atoms with Crippen LogP contribution in [0.4, 0.5) is 5.13 Å². The van der Waals surface area contributed by atoms with Crippen molar-refractivity contribution in [2.45, 2.75) is 51.0 Å². The second-order valence-electron chi connectivity index (χ2n) is 4.37. The van der Waals surface area contributed by atoms with Crippen molar-refractivity contribution in [3.8, 4) is 0 Å². The van der Waals surface area contributed by atoms with Crippen LogP contribution in [-0.4, -0.2) is 11.0 Å². The van der Waals surface area contributed by atoms with E-state index in [1.807, 2.05) is 11.3 Å². The Morgan fingerprint density at radius 3 is 2.86 bits per heavy atom. The molecule has 2 aliphatic carbocycles. The molecular weight excluding hydrogens is 192 g/mol. The average molecular weight is 208 g/mol. The van der Waals surface area contributed by atoms with E-state index in [-0.39, 0.29) is 0 Å². The number of aryl methyl sites for hydroxylation is 2. The van der Waals surface area contributed by atoms with Crippen molar-refractivity contribution in [2.24, 2.45) is 0 Å². The number of hydrogen-bond donors (Lipinski definition) is 1. The van der Waals surface area contributed by atoms with Crippen LogP contribution in [0.2, 0.25) is 0 Å². The van der Waals surface area contributed by atoms with Crippen molar-refractivity contribution in [1.82, 2.24) is 4.98 Å². The van der Waals surface area contributed by atoms with Gasteiger partial charge in [-0.3, -0.25) is 0 Å². The van der Waals surface area contributed by atoms with Gasteiger partial charge in [0.05, 0.1) is 5.69 Å². The summed E-state index contributed by atoms with van der Waals surface area (Å²) in [6, 6.07) is 0.741. The van der Waals surface area contributed by atoms with Gasteiger partial charge in [-0.15, -0.1) is 11.3 Å². The topological polar surface area (TPSA) is 24.9 Å². The van der Waals surface area contributed by atoms with E-state index in [0.29, 0.717) is 0 Å². The highest BCUT2D eigenvalue weighted by Gasteiger charge is 2.23. The van der Waals surface area contributed by atoms with Gasteiger partial charge in [0.2, 0.25) is 0 Å². The Balaban J connectivity index is 1.79. The Morgan fingerprint density at radius 1 is 1.14 bits per heavy atom. The molecule has 14 heavy (non-hydrogen) atoms. The number of aromatic nitrogens is 1. The molecule has 0 bridgehead atoms. The summed E-state index contributed by atoms with van der Waals surface area (Å²) in [4.78, 5) is 6.25. The number of fused-ring (bicyclic) bond motifs is 1. The van der Waals surface area contributed by atoms with E-state index in [1.165, 1.54) is 55.8 Å². The molecule has 1 heterocycles. The molecule has 76 valence electrons. The molecule has 1 aromatic rings. The summed E-state index contributed by atoms with van der Waals surface area (Å²) in [7, 11) is 0. The van der Waals surface area contributed by atoms with E-state index in [9.17, 15) is 0 Å². The Kier molecular flexibility index (Phi) is 2.20. The summed E-state index contributed by atoms with van der Waals surface area (Å²) < 4.78 is 0. The number of hydrogen-bond acceptors (Lipinski definition) is 3. The highest BCUT2D eigenvalue weighted by molar-refractivity contribution is 7.15. The summed E-state index contributed by atoms with van der Waals surface area (Å²) in [5.41, 5.74) is 1.38. The molecule has 0 unspecified atom stereocenters. The van der Waals surface area contributed by atoms with Gasteiger partial charge in [-0.1, -0.05) is 6.42 Å². The zero-order chi connectivity index (χ0) is 9.38. The van der Waals surface area contributed by atoms with E-state index < -0.39 is 0 Å². The highest BCUT2D eigenvalue weighted by Crippen LogP contribution is 2.32. The van der Waals surface area contributed by atoms with Crippen LogP contribution < -0.4 is 5.32 Å². The van der Waals surface area contributed by atoms with Crippen LogP contribution in [0.5, 0.6) is 0 Å². The maximum Gasteiger partial charge on any atom is 0.183 e. The molecule has 3 rings (SSSR count). The molecule has 1 N–H and O–H groups in total. The van der Waals surface area contributed by atoms with E-state index in [1.54, 1.807) is 4.88 Å². The molecule has 0 saturated heterocycles. The van der Waals surface area contributed by atoms with Gasteiger partial charge in [-0.05, 0) is 38.5 Å². The SMILES string of the molecule is C1CCc2nc(NC3CC3)sc2CC1. The molecule has 1 fully saturated rings. The fourth-order valence-corrected chi connectivity index (χ4v) is 3.12. The highest BCUT2D eigenvalue weighted by atomic mass is 32.1. The first-order chi connectivity index (χ1) is 6.92. The van der Waals surface area contributed by atoms with E-state index in [4.69, 9.17) is 4.98 Å². The second-order valence-corrected chi connectivity index (χ2v) is 5.45. The molecule has 0 aromatic carbocycles. The maximum atomic E-state index is 4.70. The van der Waals surface area contributed by atoms with Crippen molar-refractivity contribution in [3.05, 3.63) is 10.6 Å². The molecule has 1 aromatic heterocycles. The van der Waals surface area contributed by atoms with Gasteiger partial charge in [0.1, 0.15) is 0 Å². The Morgan fingerprint density at radius 2 is 2.00 bits per heavy atom. The van der Waals surface area contributed by atoms with E-state index >= 15 is 0 Å². The van der Waals surface area contributed by atoms with Crippen LogP contribution in [0, 0.1) is 0 Å². The fraction of sp³-hybridized carbons (Fsp3) is 0.727. The minimum Gasteiger partial charge on any atom is -0.359 e. The Hall–Kier alpha value is -0.570. The maximum absolute atomic E-state index is 4.70. The Labute approximate surface area is 88.7 Å². The first-order valence-electron chi connectivity index (χ1n) is 5.67. The van der Waals surface area contributed by atoms with Gasteiger partial charge in [0.25, 0.3) is 0 Å². The fourth-order valence-electron chi connectivity index (χ4n) is 1.99. The lowest BCUT2D eigenvalue weighted by Gasteiger charge is -1.97. The number of anilines is 1. The second kappa shape index (κ2) is 3.54. The molecule has 3 heteroatoms. The zero-order valence-electron chi connectivity index (χ0n) is 8.38. The molecule has 0 amide bonds. The van der Waals surface area contributed by atoms with Crippen LogP contribution in [0.3, 0.4) is 0 Å².